The Morgan fingerprint density at radius 3 is 2.51 bits per heavy atom. The van der Waals surface area contributed by atoms with Gasteiger partial charge in [-0.15, -0.1) is 0 Å². The summed E-state index contributed by atoms with van der Waals surface area (Å²) in [7, 11) is 0. The Kier molecular flexibility index (Phi) is 8.50. The first-order chi connectivity index (χ1) is 16.4. The lowest BCUT2D eigenvalue weighted by Crippen LogP contribution is -2.67. The highest BCUT2D eigenvalue weighted by molar-refractivity contribution is 9.10. The van der Waals surface area contributed by atoms with E-state index >= 15 is 0 Å². The first-order valence-corrected chi connectivity index (χ1v) is 12.7. The summed E-state index contributed by atoms with van der Waals surface area (Å²) in [4.78, 5) is 43.0. The summed E-state index contributed by atoms with van der Waals surface area (Å²) in [6.45, 7) is 9.04. The van der Waals surface area contributed by atoms with E-state index in [2.05, 4.69) is 37.0 Å². The molecule has 190 valence electrons. The average molecular weight is 548 g/mol. The molecule has 4 N–H and O–H groups in total. The second kappa shape index (κ2) is 11.0. The lowest BCUT2D eigenvalue weighted by atomic mass is 9.92. The van der Waals surface area contributed by atoms with E-state index in [1.54, 1.807) is 27.7 Å². The zero-order valence-corrected chi connectivity index (χ0v) is 22.3. The van der Waals surface area contributed by atoms with Crippen molar-refractivity contribution in [3.05, 3.63) is 40.5 Å². The summed E-state index contributed by atoms with van der Waals surface area (Å²) in [6, 6.07) is 8.53. The fourth-order valence-electron chi connectivity index (χ4n) is 4.00. The Hall–Kier alpha value is -2.56. The molecule has 1 fully saturated rings. The Morgan fingerprint density at radius 1 is 1.14 bits per heavy atom. The molecule has 1 saturated heterocycles. The molecular weight excluding hydrogens is 514 g/mol. The summed E-state index contributed by atoms with van der Waals surface area (Å²) in [5, 5.41) is 17.9. The van der Waals surface area contributed by atoms with Gasteiger partial charge in [-0.2, -0.15) is 0 Å². The van der Waals surface area contributed by atoms with Crippen LogP contribution in [0.2, 0.25) is 0 Å². The lowest BCUT2D eigenvalue weighted by Gasteiger charge is -2.41. The fourth-order valence-corrected chi connectivity index (χ4v) is 4.35. The van der Waals surface area contributed by atoms with Gasteiger partial charge in [0.1, 0.15) is 17.7 Å². The highest BCUT2D eigenvalue weighted by atomic mass is 79.9. The van der Waals surface area contributed by atoms with Gasteiger partial charge < -0.3 is 15.7 Å². The third-order valence-electron chi connectivity index (χ3n) is 6.30. The molecule has 1 aromatic heterocycles. The van der Waals surface area contributed by atoms with Gasteiger partial charge in [-0.05, 0) is 57.7 Å². The zero-order valence-electron chi connectivity index (χ0n) is 20.8. The third kappa shape index (κ3) is 6.36. The number of nitrogens with zero attached hydrogens (tertiary/aromatic N) is 2. The molecule has 1 aliphatic heterocycles. The van der Waals surface area contributed by atoms with Crippen molar-refractivity contribution in [3.63, 3.8) is 0 Å². The average Bonchev–Trinajstić information content (AvgIpc) is 2.82. The van der Waals surface area contributed by atoms with Gasteiger partial charge in [0, 0.05) is 16.4 Å². The number of fused-ring (bicyclic) bond motifs is 1. The second-order valence-electron chi connectivity index (χ2n) is 9.72. The standard InChI is InChI=1S/C25H34BrN5O4/c1-14(2)21(32)22(33)27-16(4)23(34)31-12-6-11-25(5,30-31)24(35)28-15(3)19-10-8-17-7-9-18(26)13-20(17)29-19/h7-10,13-16,21,30,32H,6,11-12H2,1-5H3,(H,27,33)(H,28,35)/t15?,16-,21-,25?/m0/s1. The minimum Gasteiger partial charge on any atom is -0.383 e. The minimum atomic E-state index is -1.19. The molecule has 9 nitrogen and oxygen atoms in total. The quantitative estimate of drug-likeness (QED) is 0.422. The van der Waals surface area contributed by atoms with Gasteiger partial charge in [0.05, 0.1) is 17.3 Å². The normalized spacial score (nSPS) is 20.9. The number of carbonyl (C=O) groups excluding carboxylic acids is 3. The first kappa shape index (κ1) is 27.0. The topological polar surface area (TPSA) is 124 Å². The predicted octanol–water partition coefficient (Wildman–Crippen LogP) is 2.58. The van der Waals surface area contributed by atoms with Gasteiger partial charge in [-0.1, -0.05) is 41.9 Å². The van der Waals surface area contributed by atoms with Crippen LogP contribution in [0.4, 0.5) is 0 Å². The molecule has 0 saturated carbocycles. The van der Waals surface area contributed by atoms with Crippen LogP contribution in [-0.2, 0) is 14.4 Å². The van der Waals surface area contributed by atoms with Crippen LogP contribution < -0.4 is 16.1 Å². The van der Waals surface area contributed by atoms with Gasteiger partial charge >= 0.3 is 0 Å². The maximum absolute atomic E-state index is 13.3. The number of aromatic nitrogens is 1. The Labute approximate surface area is 214 Å². The van der Waals surface area contributed by atoms with Crippen LogP contribution in [-0.4, -0.2) is 57.1 Å². The summed E-state index contributed by atoms with van der Waals surface area (Å²) >= 11 is 3.46. The molecule has 0 spiro atoms. The van der Waals surface area contributed by atoms with E-state index in [-0.39, 0.29) is 23.8 Å². The Balaban J connectivity index is 1.65. The van der Waals surface area contributed by atoms with E-state index in [1.807, 2.05) is 37.3 Å². The van der Waals surface area contributed by atoms with Crippen LogP contribution in [0.3, 0.4) is 0 Å². The number of nitrogens with one attached hydrogen (secondary N) is 3. The van der Waals surface area contributed by atoms with E-state index in [4.69, 9.17) is 0 Å². The number of hydrogen-bond donors (Lipinski definition) is 4. The molecule has 2 aromatic rings. The van der Waals surface area contributed by atoms with Crippen molar-refractivity contribution in [2.75, 3.05) is 6.54 Å². The molecule has 3 rings (SSSR count). The number of halogens is 1. The van der Waals surface area contributed by atoms with Gasteiger partial charge in [-0.3, -0.25) is 24.4 Å². The van der Waals surface area contributed by atoms with Gasteiger partial charge in [0.2, 0.25) is 11.8 Å². The molecule has 10 heteroatoms. The van der Waals surface area contributed by atoms with Crippen LogP contribution in [0.1, 0.15) is 59.2 Å². The van der Waals surface area contributed by atoms with Crippen LogP contribution in [0.25, 0.3) is 10.9 Å². The number of pyridine rings is 1. The number of aliphatic hydroxyl groups is 1. The van der Waals surface area contributed by atoms with E-state index in [1.165, 1.54) is 5.01 Å². The smallest absolute Gasteiger partial charge is 0.258 e. The Bertz CT molecular complexity index is 1110. The maximum atomic E-state index is 13.3. The van der Waals surface area contributed by atoms with Crippen LogP contribution in [0, 0.1) is 5.92 Å². The number of hydrazine groups is 1. The number of amides is 3. The highest BCUT2D eigenvalue weighted by Crippen LogP contribution is 2.23. The van der Waals surface area contributed by atoms with Gasteiger partial charge in [-0.25, -0.2) is 5.43 Å². The molecular formula is C25H34BrN5O4. The molecule has 1 aromatic carbocycles. The lowest BCUT2D eigenvalue weighted by molar-refractivity contribution is -0.147. The molecule has 2 heterocycles. The number of benzene rings is 1. The number of hydrogen-bond acceptors (Lipinski definition) is 6. The third-order valence-corrected chi connectivity index (χ3v) is 6.80. The second-order valence-corrected chi connectivity index (χ2v) is 10.6. The molecule has 0 radical (unpaired) electrons. The van der Waals surface area contributed by atoms with E-state index in [0.717, 1.165) is 21.1 Å². The summed E-state index contributed by atoms with van der Waals surface area (Å²) in [5.41, 5.74) is 3.61. The zero-order chi connectivity index (χ0) is 25.9. The molecule has 35 heavy (non-hydrogen) atoms. The number of rotatable bonds is 7. The van der Waals surface area contributed by atoms with Gasteiger partial charge in [0.15, 0.2) is 0 Å². The molecule has 1 aliphatic rings. The maximum Gasteiger partial charge on any atom is 0.258 e. The monoisotopic (exact) mass is 547 g/mol. The summed E-state index contributed by atoms with van der Waals surface area (Å²) < 4.78 is 0.930. The summed E-state index contributed by atoms with van der Waals surface area (Å²) in [6.07, 6.45) is -0.0311. The van der Waals surface area contributed by atoms with Crippen molar-refractivity contribution in [1.29, 1.82) is 0 Å². The fraction of sp³-hybridized carbons (Fsp3) is 0.520. The molecule has 2 unspecified atom stereocenters. The van der Waals surface area contributed by atoms with Crippen LogP contribution in [0.5, 0.6) is 0 Å². The van der Waals surface area contributed by atoms with E-state index in [9.17, 15) is 19.5 Å². The first-order valence-electron chi connectivity index (χ1n) is 11.9. The van der Waals surface area contributed by atoms with E-state index in [0.29, 0.717) is 19.4 Å². The molecule has 0 bridgehead atoms. The van der Waals surface area contributed by atoms with Crippen LogP contribution >= 0.6 is 15.9 Å². The van der Waals surface area contributed by atoms with Crippen LogP contribution in [0.15, 0.2) is 34.8 Å². The minimum absolute atomic E-state index is 0.245. The summed E-state index contributed by atoms with van der Waals surface area (Å²) in [5.74, 6) is -1.48. The molecule has 3 amide bonds. The van der Waals surface area contributed by atoms with Crippen molar-refractivity contribution in [1.82, 2.24) is 26.1 Å². The predicted molar refractivity (Wildman–Crippen MR) is 137 cm³/mol. The SMILES string of the molecule is CC(NC(=O)C1(C)CCCN(C(=O)[C@H](C)NC(=O)[C@@H](O)C(C)C)N1)c1ccc2ccc(Br)cc2n1. The van der Waals surface area contributed by atoms with Gasteiger partial charge in [0.25, 0.3) is 5.91 Å². The van der Waals surface area contributed by atoms with Crippen molar-refractivity contribution >= 4 is 44.6 Å². The largest absolute Gasteiger partial charge is 0.383 e. The van der Waals surface area contributed by atoms with Crippen molar-refractivity contribution in [2.45, 2.75) is 71.2 Å². The molecule has 4 atom stereocenters. The molecule has 0 aliphatic carbocycles. The van der Waals surface area contributed by atoms with E-state index < -0.39 is 23.6 Å². The van der Waals surface area contributed by atoms with Crippen molar-refractivity contribution in [2.24, 2.45) is 5.92 Å². The van der Waals surface area contributed by atoms with Crippen molar-refractivity contribution in [3.8, 4) is 0 Å². The number of aliphatic hydroxyl groups excluding tert-OH is 1. The van der Waals surface area contributed by atoms with Crippen molar-refractivity contribution < 1.29 is 19.5 Å². The number of carbonyl (C=O) groups is 3. The highest BCUT2D eigenvalue weighted by Gasteiger charge is 2.40. The Morgan fingerprint density at radius 2 is 1.83 bits per heavy atom.